The Balaban J connectivity index is 2.44. The molecule has 0 aliphatic rings. The number of pyridine rings is 1. The number of rotatable bonds is 3. The summed E-state index contributed by atoms with van der Waals surface area (Å²) in [7, 11) is 0. The van der Waals surface area contributed by atoms with E-state index < -0.39 is 0 Å². The van der Waals surface area contributed by atoms with Crippen LogP contribution >= 0.6 is 0 Å². The van der Waals surface area contributed by atoms with Crippen LogP contribution in [0.4, 0.5) is 5.69 Å². The van der Waals surface area contributed by atoms with E-state index >= 15 is 0 Å². The second kappa shape index (κ2) is 5.53. The van der Waals surface area contributed by atoms with Crippen molar-refractivity contribution in [1.29, 1.82) is 0 Å². The molecular formula is C17H22N2O. The molecule has 2 rings (SSSR count). The van der Waals surface area contributed by atoms with Gasteiger partial charge in [-0.15, -0.1) is 0 Å². The zero-order chi connectivity index (χ0) is 14.8. The lowest BCUT2D eigenvalue weighted by Gasteiger charge is -2.23. The van der Waals surface area contributed by atoms with Gasteiger partial charge in [0.2, 0.25) is 0 Å². The van der Waals surface area contributed by atoms with E-state index in [4.69, 9.17) is 10.5 Å². The standard InChI is InChI=1S/C17H22N2O/c1-5-12-6-7-15(13(10-12)17(2,3)4)20-16-8-9-19-11-14(16)18/h6-11H,5,18H2,1-4H3. The highest BCUT2D eigenvalue weighted by atomic mass is 16.5. The van der Waals surface area contributed by atoms with Crippen molar-refractivity contribution in [2.24, 2.45) is 0 Å². The molecule has 2 N–H and O–H groups in total. The van der Waals surface area contributed by atoms with E-state index in [1.807, 2.05) is 6.07 Å². The van der Waals surface area contributed by atoms with Gasteiger partial charge >= 0.3 is 0 Å². The van der Waals surface area contributed by atoms with Crippen molar-refractivity contribution in [3.05, 3.63) is 47.8 Å². The topological polar surface area (TPSA) is 48.1 Å². The Kier molecular flexibility index (Phi) is 3.98. The van der Waals surface area contributed by atoms with Gasteiger partial charge < -0.3 is 10.5 Å². The Morgan fingerprint density at radius 1 is 1.15 bits per heavy atom. The number of hydrogen-bond donors (Lipinski definition) is 1. The summed E-state index contributed by atoms with van der Waals surface area (Å²) in [6.07, 6.45) is 4.30. The molecular weight excluding hydrogens is 248 g/mol. The average Bonchev–Trinajstić information content (AvgIpc) is 2.40. The summed E-state index contributed by atoms with van der Waals surface area (Å²) in [5, 5.41) is 0. The molecule has 2 aromatic rings. The molecule has 0 atom stereocenters. The molecule has 1 aromatic heterocycles. The summed E-state index contributed by atoms with van der Waals surface area (Å²) in [6.45, 7) is 8.71. The van der Waals surface area contributed by atoms with Gasteiger partial charge in [0.25, 0.3) is 0 Å². The molecule has 0 fully saturated rings. The maximum absolute atomic E-state index is 6.00. The third-order valence-corrected chi connectivity index (χ3v) is 3.29. The lowest BCUT2D eigenvalue weighted by molar-refractivity contribution is 0.456. The van der Waals surface area contributed by atoms with Crippen molar-refractivity contribution in [1.82, 2.24) is 4.98 Å². The van der Waals surface area contributed by atoms with E-state index in [9.17, 15) is 0 Å². The van der Waals surface area contributed by atoms with Gasteiger partial charge in [0.05, 0.1) is 11.9 Å². The van der Waals surface area contributed by atoms with Gasteiger partial charge in [-0.25, -0.2) is 0 Å². The molecule has 0 saturated heterocycles. The number of ether oxygens (including phenoxy) is 1. The normalized spacial score (nSPS) is 11.4. The van der Waals surface area contributed by atoms with Crippen LogP contribution < -0.4 is 10.5 Å². The van der Waals surface area contributed by atoms with E-state index in [-0.39, 0.29) is 5.41 Å². The first-order chi connectivity index (χ1) is 9.41. The van der Waals surface area contributed by atoms with Gasteiger partial charge in [-0.2, -0.15) is 0 Å². The second-order valence-corrected chi connectivity index (χ2v) is 5.95. The molecule has 1 aromatic carbocycles. The van der Waals surface area contributed by atoms with Crippen molar-refractivity contribution in [2.45, 2.75) is 39.5 Å². The zero-order valence-electron chi connectivity index (χ0n) is 12.6. The maximum Gasteiger partial charge on any atom is 0.153 e. The fraction of sp³-hybridized carbons (Fsp3) is 0.353. The quantitative estimate of drug-likeness (QED) is 0.903. The van der Waals surface area contributed by atoms with Crippen LogP contribution in [-0.4, -0.2) is 4.98 Å². The van der Waals surface area contributed by atoms with Crippen molar-refractivity contribution in [3.63, 3.8) is 0 Å². The average molecular weight is 270 g/mol. The minimum atomic E-state index is 0.0162. The minimum Gasteiger partial charge on any atom is -0.455 e. The summed E-state index contributed by atoms with van der Waals surface area (Å²) >= 11 is 0. The van der Waals surface area contributed by atoms with Crippen LogP contribution in [0, 0.1) is 0 Å². The van der Waals surface area contributed by atoms with E-state index in [1.54, 1.807) is 18.5 Å². The van der Waals surface area contributed by atoms with Crippen LogP contribution in [0.15, 0.2) is 36.7 Å². The fourth-order valence-corrected chi connectivity index (χ4v) is 2.08. The summed E-state index contributed by atoms with van der Waals surface area (Å²) in [4.78, 5) is 3.98. The molecule has 0 aliphatic carbocycles. The molecule has 1 heterocycles. The molecule has 3 heteroatoms. The molecule has 0 saturated carbocycles. The van der Waals surface area contributed by atoms with Crippen molar-refractivity contribution >= 4 is 5.69 Å². The van der Waals surface area contributed by atoms with E-state index in [0.29, 0.717) is 11.4 Å². The molecule has 0 aliphatic heterocycles. The Morgan fingerprint density at radius 2 is 1.90 bits per heavy atom. The number of hydrogen-bond acceptors (Lipinski definition) is 3. The van der Waals surface area contributed by atoms with Crippen LogP contribution in [0.5, 0.6) is 11.5 Å². The minimum absolute atomic E-state index is 0.0162. The number of anilines is 1. The summed E-state index contributed by atoms with van der Waals surface area (Å²) < 4.78 is 6.00. The van der Waals surface area contributed by atoms with Crippen LogP contribution in [0.1, 0.15) is 38.8 Å². The fourth-order valence-electron chi connectivity index (χ4n) is 2.08. The van der Waals surface area contributed by atoms with E-state index in [1.165, 1.54) is 11.1 Å². The van der Waals surface area contributed by atoms with Crippen LogP contribution in [0.3, 0.4) is 0 Å². The molecule has 3 nitrogen and oxygen atoms in total. The van der Waals surface area contributed by atoms with Crippen molar-refractivity contribution in [3.8, 4) is 11.5 Å². The highest BCUT2D eigenvalue weighted by Gasteiger charge is 2.20. The Labute approximate surface area is 120 Å². The number of nitrogens with two attached hydrogens (primary N) is 1. The number of nitrogen functional groups attached to an aromatic ring is 1. The molecule has 0 bridgehead atoms. The van der Waals surface area contributed by atoms with E-state index in [0.717, 1.165) is 12.2 Å². The predicted molar refractivity (Wildman–Crippen MR) is 83.2 cm³/mol. The smallest absolute Gasteiger partial charge is 0.153 e. The highest BCUT2D eigenvalue weighted by Crippen LogP contribution is 2.36. The monoisotopic (exact) mass is 270 g/mol. The first kappa shape index (κ1) is 14.4. The molecule has 0 amide bonds. The second-order valence-electron chi connectivity index (χ2n) is 5.95. The number of nitrogens with zero attached hydrogens (tertiary/aromatic N) is 1. The molecule has 0 spiro atoms. The van der Waals surface area contributed by atoms with Gasteiger partial charge in [-0.3, -0.25) is 4.98 Å². The zero-order valence-corrected chi connectivity index (χ0v) is 12.6. The maximum atomic E-state index is 6.00. The van der Waals surface area contributed by atoms with E-state index in [2.05, 4.69) is 44.8 Å². The van der Waals surface area contributed by atoms with Crippen LogP contribution in [0.2, 0.25) is 0 Å². The first-order valence-corrected chi connectivity index (χ1v) is 6.92. The predicted octanol–water partition coefficient (Wildman–Crippen LogP) is 4.32. The lowest BCUT2D eigenvalue weighted by atomic mass is 9.85. The van der Waals surface area contributed by atoms with Crippen LogP contribution in [0.25, 0.3) is 0 Å². The van der Waals surface area contributed by atoms with Gasteiger partial charge in [0, 0.05) is 17.8 Å². The van der Waals surface area contributed by atoms with Gasteiger partial charge in [-0.1, -0.05) is 39.8 Å². The number of aromatic nitrogens is 1. The number of benzene rings is 1. The third kappa shape index (κ3) is 3.10. The molecule has 0 unspecified atom stereocenters. The summed E-state index contributed by atoms with van der Waals surface area (Å²) in [5.41, 5.74) is 8.96. The van der Waals surface area contributed by atoms with Crippen molar-refractivity contribution in [2.75, 3.05) is 5.73 Å². The largest absolute Gasteiger partial charge is 0.455 e. The van der Waals surface area contributed by atoms with Gasteiger partial charge in [0.1, 0.15) is 5.75 Å². The lowest BCUT2D eigenvalue weighted by Crippen LogP contribution is -2.13. The summed E-state index contributed by atoms with van der Waals surface area (Å²) in [6, 6.07) is 8.13. The number of aryl methyl sites for hydroxylation is 1. The Morgan fingerprint density at radius 3 is 2.50 bits per heavy atom. The van der Waals surface area contributed by atoms with Gasteiger partial charge in [0.15, 0.2) is 5.75 Å². The van der Waals surface area contributed by atoms with Crippen LogP contribution in [-0.2, 0) is 11.8 Å². The highest BCUT2D eigenvalue weighted by molar-refractivity contribution is 5.53. The molecule has 106 valence electrons. The first-order valence-electron chi connectivity index (χ1n) is 6.92. The molecule has 0 radical (unpaired) electrons. The SMILES string of the molecule is CCc1ccc(Oc2ccncc2N)c(C(C)(C)C)c1. The Bertz CT molecular complexity index is 600. The Hall–Kier alpha value is -2.03. The van der Waals surface area contributed by atoms with Crippen molar-refractivity contribution < 1.29 is 4.74 Å². The third-order valence-electron chi connectivity index (χ3n) is 3.29. The molecule has 20 heavy (non-hydrogen) atoms. The summed E-state index contributed by atoms with van der Waals surface area (Å²) in [5.74, 6) is 1.50. The van der Waals surface area contributed by atoms with Gasteiger partial charge in [-0.05, 0) is 23.5 Å².